The molecule has 1 aliphatic heterocycles. The van der Waals surface area contributed by atoms with Gasteiger partial charge in [-0.05, 0) is 25.3 Å². The number of ether oxygens (including phenoxy) is 1. The molecule has 0 bridgehead atoms. The number of rotatable bonds is 5. The number of carbonyl (C=O) groups excluding carboxylic acids is 1. The predicted molar refractivity (Wildman–Crippen MR) is 84.1 cm³/mol. The van der Waals surface area contributed by atoms with Gasteiger partial charge in [0.25, 0.3) is 0 Å². The molecule has 4 heteroatoms. The monoisotopic (exact) mass is 290 g/mol. The smallest absolute Gasteiger partial charge is 0.241 e. The largest absolute Gasteiger partial charge is 0.496 e. The molecule has 1 aromatic rings. The van der Waals surface area contributed by atoms with Gasteiger partial charge >= 0.3 is 0 Å². The second kappa shape index (κ2) is 6.48. The molecule has 21 heavy (non-hydrogen) atoms. The van der Waals surface area contributed by atoms with E-state index < -0.39 is 0 Å². The lowest BCUT2D eigenvalue weighted by atomic mass is 9.98. The van der Waals surface area contributed by atoms with Crippen LogP contribution in [0.4, 0.5) is 0 Å². The van der Waals surface area contributed by atoms with Gasteiger partial charge in [-0.15, -0.1) is 0 Å². The Balaban J connectivity index is 2.42. The zero-order valence-electron chi connectivity index (χ0n) is 13.6. The number of benzene rings is 1. The van der Waals surface area contributed by atoms with Gasteiger partial charge in [0, 0.05) is 11.6 Å². The maximum atomic E-state index is 12.6. The Labute approximate surface area is 127 Å². The van der Waals surface area contributed by atoms with Crippen molar-refractivity contribution in [2.75, 3.05) is 7.11 Å². The molecule has 0 aromatic heterocycles. The minimum atomic E-state index is -0.160. The molecule has 0 radical (unpaired) electrons. The van der Waals surface area contributed by atoms with Gasteiger partial charge in [-0.1, -0.05) is 39.0 Å². The maximum absolute atomic E-state index is 12.6. The molecule has 2 rings (SSSR count). The highest BCUT2D eigenvalue weighted by molar-refractivity contribution is 5.84. The third kappa shape index (κ3) is 2.91. The van der Waals surface area contributed by atoms with E-state index in [1.165, 1.54) is 0 Å². The van der Waals surface area contributed by atoms with Gasteiger partial charge < -0.3 is 9.64 Å². The second-order valence-corrected chi connectivity index (χ2v) is 6.00. The quantitative estimate of drug-likeness (QED) is 0.906. The highest BCUT2D eigenvalue weighted by Crippen LogP contribution is 2.35. The van der Waals surface area contributed by atoms with Crippen LogP contribution in [0.5, 0.6) is 5.75 Å². The van der Waals surface area contributed by atoms with Crippen LogP contribution in [0.15, 0.2) is 24.3 Å². The van der Waals surface area contributed by atoms with Crippen LogP contribution >= 0.6 is 0 Å². The lowest BCUT2D eigenvalue weighted by Crippen LogP contribution is -2.42. The average Bonchev–Trinajstić information content (AvgIpc) is 2.76. The molecule has 1 N–H and O–H groups in total. The molecule has 1 saturated heterocycles. The van der Waals surface area contributed by atoms with Crippen LogP contribution in [0.2, 0.25) is 0 Å². The number of amides is 1. The normalized spacial score (nSPS) is 23.7. The SMILES string of the molecule is CCC(C(C)C)N1C(=O)C(C)NC1c1ccccc1OC. The summed E-state index contributed by atoms with van der Waals surface area (Å²) in [6.45, 7) is 8.41. The van der Waals surface area contributed by atoms with Crippen LogP contribution in [-0.2, 0) is 4.79 Å². The summed E-state index contributed by atoms with van der Waals surface area (Å²) < 4.78 is 5.47. The Morgan fingerprint density at radius 1 is 1.33 bits per heavy atom. The van der Waals surface area contributed by atoms with Crippen molar-refractivity contribution in [1.29, 1.82) is 0 Å². The van der Waals surface area contributed by atoms with Gasteiger partial charge in [0.15, 0.2) is 0 Å². The van der Waals surface area contributed by atoms with E-state index in [0.29, 0.717) is 5.92 Å². The van der Waals surface area contributed by atoms with Crippen LogP contribution in [-0.4, -0.2) is 30.0 Å². The molecule has 4 nitrogen and oxygen atoms in total. The van der Waals surface area contributed by atoms with Gasteiger partial charge in [0.2, 0.25) is 5.91 Å². The summed E-state index contributed by atoms with van der Waals surface area (Å²) in [5.41, 5.74) is 1.02. The number of hydrogen-bond acceptors (Lipinski definition) is 3. The zero-order chi connectivity index (χ0) is 15.6. The minimum absolute atomic E-state index is 0.115. The van der Waals surface area contributed by atoms with Crippen molar-refractivity contribution in [3.63, 3.8) is 0 Å². The number of nitrogens with one attached hydrogen (secondary N) is 1. The molecule has 0 aliphatic carbocycles. The fourth-order valence-corrected chi connectivity index (χ4v) is 3.22. The van der Waals surface area contributed by atoms with Crippen molar-refractivity contribution in [2.45, 2.75) is 52.4 Å². The van der Waals surface area contributed by atoms with E-state index in [2.05, 4.69) is 26.1 Å². The van der Waals surface area contributed by atoms with Crippen molar-refractivity contribution in [3.05, 3.63) is 29.8 Å². The minimum Gasteiger partial charge on any atom is -0.496 e. The summed E-state index contributed by atoms with van der Waals surface area (Å²) in [5, 5.41) is 3.41. The van der Waals surface area contributed by atoms with Gasteiger partial charge in [-0.2, -0.15) is 0 Å². The lowest BCUT2D eigenvalue weighted by molar-refractivity contribution is -0.133. The predicted octanol–water partition coefficient (Wildman–Crippen LogP) is 2.95. The Hall–Kier alpha value is -1.55. The summed E-state index contributed by atoms with van der Waals surface area (Å²) >= 11 is 0. The summed E-state index contributed by atoms with van der Waals surface area (Å²) in [5.74, 6) is 1.41. The van der Waals surface area contributed by atoms with E-state index in [-0.39, 0.29) is 24.2 Å². The summed E-state index contributed by atoms with van der Waals surface area (Å²) in [6, 6.07) is 7.98. The maximum Gasteiger partial charge on any atom is 0.241 e. The Morgan fingerprint density at radius 2 is 2.00 bits per heavy atom. The zero-order valence-corrected chi connectivity index (χ0v) is 13.6. The van der Waals surface area contributed by atoms with Crippen LogP contribution in [0.1, 0.15) is 45.8 Å². The first-order valence-corrected chi connectivity index (χ1v) is 7.72. The molecule has 1 aliphatic rings. The molecule has 0 saturated carbocycles. The van der Waals surface area contributed by atoms with Crippen LogP contribution in [0.3, 0.4) is 0 Å². The molecule has 1 heterocycles. The Morgan fingerprint density at radius 3 is 2.57 bits per heavy atom. The Bertz CT molecular complexity index is 501. The Kier molecular flexibility index (Phi) is 4.88. The molecule has 116 valence electrons. The van der Waals surface area contributed by atoms with Crippen LogP contribution < -0.4 is 10.1 Å². The fourth-order valence-electron chi connectivity index (χ4n) is 3.22. The topological polar surface area (TPSA) is 41.6 Å². The third-order valence-corrected chi connectivity index (χ3v) is 4.29. The standard InChI is InChI=1S/C17H26N2O2/c1-6-14(11(2)3)19-16(18-12(4)17(19)20)13-9-7-8-10-15(13)21-5/h7-12,14,16,18H,6H2,1-5H3. The molecule has 1 amide bonds. The molecule has 1 aromatic carbocycles. The summed E-state index contributed by atoms with van der Waals surface area (Å²) in [6.07, 6.45) is 0.833. The number of hydrogen-bond donors (Lipinski definition) is 1. The van der Waals surface area contributed by atoms with E-state index >= 15 is 0 Å². The van der Waals surface area contributed by atoms with Gasteiger partial charge in [-0.3, -0.25) is 10.1 Å². The van der Waals surface area contributed by atoms with Gasteiger partial charge in [0.05, 0.1) is 13.2 Å². The summed E-state index contributed by atoms with van der Waals surface area (Å²) in [7, 11) is 1.67. The van der Waals surface area contributed by atoms with Crippen molar-refractivity contribution in [1.82, 2.24) is 10.2 Å². The number of nitrogens with zero attached hydrogens (tertiary/aromatic N) is 1. The number of methoxy groups -OCH3 is 1. The van der Waals surface area contributed by atoms with Gasteiger partial charge in [0.1, 0.15) is 11.9 Å². The van der Waals surface area contributed by atoms with Crippen LogP contribution in [0.25, 0.3) is 0 Å². The van der Waals surface area contributed by atoms with E-state index in [0.717, 1.165) is 17.7 Å². The van der Waals surface area contributed by atoms with Gasteiger partial charge in [-0.25, -0.2) is 0 Å². The second-order valence-electron chi connectivity index (χ2n) is 6.00. The van der Waals surface area contributed by atoms with Crippen molar-refractivity contribution in [2.24, 2.45) is 5.92 Å². The molecule has 0 spiro atoms. The molecular weight excluding hydrogens is 264 g/mol. The van der Waals surface area contributed by atoms with Crippen LogP contribution in [0, 0.1) is 5.92 Å². The highest BCUT2D eigenvalue weighted by Gasteiger charge is 2.42. The molecule has 3 unspecified atom stereocenters. The summed E-state index contributed by atoms with van der Waals surface area (Å²) in [4.78, 5) is 14.6. The lowest BCUT2D eigenvalue weighted by Gasteiger charge is -2.35. The first-order chi connectivity index (χ1) is 10.0. The highest BCUT2D eigenvalue weighted by atomic mass is 16.5. The third-order valence-electron chi connectivity index (χ3n) is 4.29. The van der Waals surface area contributed by atoms with E-state index in [9.17, 15) is 4.79 Å². The first-order valence-electron chi connectivity index (χ1n) is 7.72. The molecular formula is C17H26N2O2. The number of para-hydroxylation sites is 1. The first kappa shape index (κ1) is 15.8. The van der Waals surface area contributed by atoms with E-state index in [1.807, 2.05) is 36.1 Å². The average molecular weight is 290 g/mol. The van der Waals surface area contributed by atoms with E-state index in [1.54, 1.807) is 7.11 Å². The molecule has 1 fully saturated rings. The fraction of sp³-hybridized carbons (Fsp3) is 0.588. The van der Waals surface area contributed by atoms with Crippen molar-refractivity contribution < 1.29 is 9.53 Å². The van der Waals surface area contributed by atoms with Crippen molar-refractivity contribution >= 4 is 5.91 Å². The molecule has 3 atom stereocenters. The van der Waals surface area contributed by atoms with E-state index in [4.69, 9.17) is 4.74 Å². The van der Waals surface area contributed by atoms with Crippen molar-refractivity contribution in [3.8, 4) is 5.75 Å². The number of carbonyl (C=O) groups is 1.